The quantitative estimate of drug-likeness (QED) is 0.399. The van der Waals surface area contributed by atoms with Crippen molar-refractivity contribution in [1.29, 1.82) is 0 Å². The molecule has 1 rings (SSSR count). The summed E-state index contributed by atoms with van der Waals surface area (Å²) in [6.07, 6.45) is -0.702. The van der Waals surface area contributed by atoms with Crippen molar-refractivity contribution in [2.24, 2.45) is 5.73 Å². The molecule has 1 aromatic rings. The van der Waals surface area contributed by atoms with Crippen molar-refractivity contribution in [3.8, 4) is 0 Å². The molecule has 8 heteroatoms. The number of rotatable bonds is 4. The minimum atomic E-state index is -2.28. The first-order valence-electron chi connectivity index (χ1n) is 5.23. The number of hydrogen-bond acceptors (Lipinski definition) is 3. The topological polar surface area (TPSA) is 52.3 Å². The van der Waals surface area contributed by atoms with E-state index in [0.29, 0.717) is 0 Å². The Morgan fingerprint density at radius 2 is 1.47 bits per heavy atom. The second kappa shape index (κ2) is 5.96. The van der Waals surface area contributed by atoms with E-state index >= 15 is 0 Å². The number of benzene rings is 1. The highest BCUT2D eigenvalue weighted by Crippen LogP contribution is 2.28. The third-order valence-electron chi connectivity index (χ3n) is 2.31. The molecule has 0 aliphatic rings. The zero-order valence-electron chi connectivity index (χ0n) is 9.78. The van der Waals surface area contributed by atoms with Gasteiger partial charge in [0.1, 0.15) is 0 Å². The van der Waals surface area contributed by atoms with Crippen LogP contribution in [0.25, 0.3) is 0 Å². The van der Waals surface area contributed by atoms with Crippen LogP contribution in [0, 0.1) is 29.1 Å². The van der Waals surface area contributed by atoms with Crippen molar-refractivity contribution in [2.45, 2.75) is 19.4 Å². The van der Waals surface area contributed by atoms with Crippen molar-refractivity contribution in [2.75, 3.05) is 6.61 Å². The Bertz CT molecular complexity index is 477. The molecule has 3 nitrogen and oxygen atoms in total. The molecule has 1 aromatic carbocycles. The van der Waals surface area contributed by atoms with Crippen molar-refractivity contribution in [3.05, 3.63) is 34.6 Å². The van der Waals surface area contributed by atoms with Crippen LogP contribution in [0.15, 0.2) is 0 Å². The average Bonchev–Trinajstić information content (AvgIpc) is 2.34. The minimum Gasteiger partial charge on any atom is -0.466 e. The highest BCUT2D eigenvalue weighted by atomic mass is 19.2. The van der Waals surface area contributed by atoms with E-state index in [1.54, 1.807) is 0 Å². The second-order valence-electron chi connectivity index (χ2n) is 3.60. The smallest absolute Gasteiger partial charge is 0.307 e. The van der Waals surface area contributed by atoms with Crippen LogP contribution in [0.3, 0.4) is 0 Å². The van der Waals surface area contributed by atoms with Crippen molar-refractivity contribution in [1.82, 2.24) is 0 Å². The first-order valence-corrected chi connectivity index (χ1v) is 5.23. The first-order chi connectivity index (χ1) is 8.81. The number of nitrogens with two attached hydrogens (primary N) is 1. The molecule has 0 aliphatic carbocycles. The molecule has 0 amide bonds. The summed E-state index contributed by atoms with van der Waals surface area (Å²) in [6.45, 7) is 1.49. The molecule has 0 radical (unpaired) electrons. The van der Waals surface area contributed by atoms with Gasteiger partial charge in [-0.3, -0.25) is 4.79 Å². The van der Waals surface area contributed by atoms with Crippen LogP contribution in [0.5, 0.6) is 0 Å². The van der Waals surface area contributed by atoms with Gasteiger partial charge in [0.05, 0.1) is 13.0 Å². The molecule has 106 valence electrons. The van der Waals surface area contributed by atoms with Crippen LogP contribution in [0.1, 0.15) is 24.9 Å². The third kappa shape index (κ3) is 3.01. The molecule has 19 heavy (non-hydrogen) atoms. The zero-order chi connectivity index (χ0) is 14.7. The van der Waals surface area contributed by atoms with Gasteiger partial charge in [-0.25, -0.2) is 22.0 Å². The van der Waals surface area contributed by atoms with Crippen molar-refractivity contribution >= 4 is 5.97 Å². The Hall–Kier alpha value is -1.70. The van der Waals surface area contributed by atoms with Crippen LogP contribution < -0.4 is 5.73 Å². The lowest BCUT2D eigenvalue weighted by molar-refractivity contribution is -0.143. The lowest BCUT2D eigenvalue weighted by Crippen LogP contribution is -2.22. The monoisotopic (exact) mass is 283 g/mol. The fourth-order valence-corrected chi connectivity index (χ4v) is 1.45. The van der Waals surface area contributed by atoms with Gasteiger partial charge in [-0.05, 0) is 6.92 Å². The standard InChI is InChI=1S/C11H10F5NO2/c1-2-19-5(18)3-4(17)6-7(12)9(14)11(16)10(15)8(6)13/h4H,2-3,17H2,1H3. The zero-order valence-corrected chi connectivity index (χ0v) is 9.78. The lowest BCUT2D eigenvalue weighted by Gasteiger charge is -2.14. The summed E-state index contributed by atoms with van der Waals surface area (Å²) in [4.78, 5) is 11.1. The molecule has 0 aliphatic heterocycles. The van der Waals surface area contributed by atoms with E-state index in [9.17, 15) is 26.7 Å². The summed E-state index contributed by atoms with van der Waals surface area (Å²) in [5, 5.41) is 0. The summed E-state index contributed by atoms with van der Waals surface area (Å²) >= 11 is 0. The van der Waals surface area contributed by atoms with Crippen LogP contribution in [0.4, 0.5) is 22.0 Å². The molecule has 1 atom stereocenters. The molecular weight excluding hydrogens is 273 g/mol. The van der Waals surface area contributed by atoms with E-state index < -0.39 is 53.1 Å². The molecule has 0 heterocycles. The predicted octanol–water partition coefficient (Wildman–Crippen LogP) is 2.34. The largest absolute Gasteiger partial charge is 0.466 e. The fourth-order valence-electron chi connectivity index (χ4n) is 1.45. The van der Waals surface area contributed by atoms with Gasteiger partial charge >= 0.3 is 5.97 Å². The van der Waals surface area contributed by atoms with Crippen LogP contribution in [-0.4, -0.2) is 12.6 Å². The number of halogens is 5. The first kappa shape index (κ1) is 15.4. The number of ether oxygens (including phenoxy) is 1. The molecule has 0 bridgehead atoms. The van der Waals surface area contributed by atoms with Crippen molar-refractivity contribution in [3.63, 3.8) is 0 Å². The summed E-state index contributed by atoms with van der Waals surface area (Å²) in [5.74, 6) is -11.5. The van der Waals surface area contributed by atoms with Gasteiger partial charge in [-0.1, -0.05) is 0 Å². The summed E-state index contributed by atoms with van der Waals surface area (Å²) in [7, 11) is 0. The van der Waals surface area contributed by atoms with E-state index in [1.807, 2.05) is 0 Å². The Kier molecular flexibility index (Phi) is 4.82. The maximum Gasteiger partial charge on any atom is 0.307 e. The number of carbonyl (C=O) groups is 1. The molecule has 0 spiro atoms. The van der Waals surface area contributed by atoms with Crippen LogP contribution >= 0.6 is 0 Å². The van der Waals surface area contributed by atoms with Crippen molar-refractivity contribution < 1.29 is 31.5 Å². The molecule has 1 unspecified atom stereocenters. The Balaban J connectivity index is 3.17. The van der Waals surface area contributed by atoms with E-state index in [1.165, 1.54) is 6.92 Å². The summed E-state index contributed by atoms with van der Waals surface area (Å²) < 4.78 is 69.8. The van der Waals surface area contributed by atoms with Gasteiger partial charge in [0.25, 0.3) is 0 Å². The number of hydrogen-bond donors (Lipinski definition) is 1. The third-order valence-corrected chi connectivity index (χ3v) is 2.31. The lowest BCUT2D eigenvalue weighted by atomic mass is 10.0. The maximum atomic E-state index is 13.3. The Labute approximate surface area is 105 Å². The van der Waals surface area contributed by atoms with E-state index in [-0.39, 0.29) is 6.61 Å². The molecule has 0 saturated heterocycles. The molecule has 0 fully saturated rings. The van der Waals surface area contributed by atoms with E-state index in [0.717, 1.165) is 0 Å². The summed E-state index contributed by atoms with van der Waals surface area (Å²) in [6, 6.07) is -1.69. The molecular formula is C11H10F5NO2. The van der Waals surface area contributed by atoms with Gasteiger partial charge in [-0.15, -0.1) is 0 Å². The van der Waals surface area contributed by atoms with Gasteiger partial charge in [0.15, 0.2) is 23.3 Å². The highest BCUT2D eigenvalue weighted by molar-refractivity contribution is 5.70. The highest BCUT2D eigenvalue weighted by Gasteiger charge is 2.29. The van der Waals surface area contributed by atoms with Crippen LogP contribution in [-0.2, 0) is 9.53 Å². The normalized spacial score (nSPS) is 12.4. The SMILES string of the molecule is CCOC(=O)CC(N)c1c(F)c(F)c(F)c(F)c1F. The van der Waals surface area contributed by atoms with Gasteiger partial charge < -0.3 is 10.5 Å². The summed E-state index contributed by atoms with van der Waals surface area (Å²) in [5.41, 5.74) is 4.05. The maximum absolute atomic E-state index is 13.3. The molecule has 0 saturated carbocycles. The number of carbonyl (C=O) groups excluding carboxylic acids is 1. The minimum absolute atomic E-state index is 0.00264. The van der Waals surface area contributed by atoms with Crippen LogP contribution in [0.2, 0.25) is 0 Å². The van der Waals surface area contributed by atoms with E-state index in [4.69, 9.17) is 5.73 Å². The predicted molar refractivity (Wildman–Crippen MR) is 54.4 cm³/mol. The van der Waals surface area contributed by atoms with Gasteiger partial charge in [0, 0.05) is 11.6 Å². The van der Waals surface area contributed by atoms with E-state index in [2.05, 4.69) is 4.74 Å². The second-order valence-corrected chi connectivity index (χ2v) is 3.60. The number of esters is 1. The molecule has 2 N–H and O–H groups in total. The average molecular weight is 283 g/mol. The molecule has 0 aromatic heterocycles. The fraction of sp³-hybridized carbons (Fsp3) is 0.364. The van der Waals surface area contributed by atoms with Gasteiger partial charge in [-0.2, -0.15) is 0 Å². The Morgan fingerprint density at radius 3 is 1.89 bits per heavy atom. The Morgan fingerprint density at radius 1 is 1.05 bits per heavy atom. The van der Waals surface area contributed by atoms with Gasteiger partial charge in [0.2, 0.25) is 5.82 Å².